The first-order valence-corrected chi connectivity index (χ1v) is 26.7. The Kier molecular flexibility index (Phi) is 48.3. The van der Waals surface area contributed by atoms with Gasteiger partial charge < -0.3 is 14.2 Å². The maximum Gasteiger partial charge on any atom is 0.306 e. The summed E-state index contributed by atoms with van der Waals surface area (Å²) in [6.07, 6.45) is 55.4. The number of carbonyl (C=O) groups is 3. The third-order valence-corrected chi connectivity index (χ3v) is 12.0. The van der Waals surface area contributed by atoms with E-state index in [0.29, 0.717) is 19.3 Å². The fourth-order valence-corrected chi connectivity index (χ4v) is 7.98. The minimum Gasteiger partial charge on any atom is -0.462 e. The lowest BCUT2D eigenvalue weighted by atomic mass is 10.0. The number of ether oxygens (including phenoxy) is 3. The molecular formula is C54H102O6. The Labute approximate surface area is 373 Å². The van der Waals surface area contributed by atoms with Crippen LogP contribution in [0.2, 0.25) is 0 Å². The Bertz CT molecular complexity index is 931. The minimum absolute atomic E-state index is 0.0695. The van der Waals surface area contributed by atoms with Gasteiger partial charge in [-0.3, -0.25) is 14.4 Å². The molecule has 6 nitrogen and oxygen atoms in total. The van der Waals surface area contributed by atoms with Crippen molar-refractivity contribution in [2.45, 2.75) is 303 Å². The molecule has 1 atom stereocenters. The highest BCUT2D eigenvalue weighted by atomic mass is 16.6. The smallest absolute Gasteiger partial charge is 0.306 e. The zero-order valence-electron chi connectivity index (χ0n) is 40.5. The van der Waals surface area contributed by atoms with Crippen molar-refractivity contribution in [3.8, 4) is 0 Å². The van der Waals surface area contributed by atoms with E-state index in [1.807, 2.05) is 0 Å². The predicted octanol–water partition coefficient (Wildman–Crippen LogP) is 17.4. The third-order valence-electron chi connectivity index (χ3n) is 12.0. The second-order valence-corrected chi connectivity index (χ2v) is 18.2. The van der Waals surface area contributed by atoms with Gasteiger partial charge in [-0.2, -0.15) is 0 Å². The van der Waals surface area contributed by atoms with E-state index in [9.17, 15) is 14.4 Å². The number of hydrogen-bond acceptors (Lipinski definition) is 6. The lowest BCUT2D eigenvalue weighted by Crippen LogP contribution is -2.30. The molecule has 0 spiro atoms. The van der Waals surface area contributed by atoms with Crippen LogP contribution in [-0.2, 0) is 28.6 Å². The number of allylic oxidation sites excluding steroid dienone is 2. The van der Waals surface area contributed by atoms with Crippen LogP contribution in [0, 0.1) is 0 Å². The van der Waals surface area contributed by atoms with Crippen LogP contribution in [0.3, 0.4) is 0 Å². The zero-order chi connectivity index (χ0) is 43.7. The molecule has 0 aromatic carbocycles. The molecule has 0 amide bonds. The SMILES string of the molecule is CCC/C=C\CCCCCCCC(=O)OC(COC(=O)CCCCCCCC)COC(=O)CCCCCCCCCCCCCCCCCCCCCCCCCCCC. The molecule has 0 aromatic heterocycles. The number of carbonyl (C=O) groups excluding carboxylic acids is 3. The zero-order valence-corrected chi connectivity index (χ0v) is 40.5. The fourth-order valence-electron chi connectivity index (χ4n) is 7.98. The summed E-state index contributed by atoms with van der Waals surface area (Å²) in [5.74, 6) is -0.878. The van der Waals surface area contributed by atoms with Crippen LogP contribution in [0.15, 0.2) is 12.2 Å². The molecule has 0 saturated carbocycles. The summed E-state index contributed by atoms with van der Waals surface area (Å²) < 4.78 is 16.7. The van der Waals surface area contributed by atoms with Crippen LogP contribution in [0.5, 0.6) is 0 Å². The Morgan fingerprint density at radius 1 is 0.317 bits per heavy atom. The second kappa shape index (κ2) is 49.8. The molecule has 0 N–H and O–H groups in total. The molecule has 0 aliphatic rings. The molecule has 1 unspecified atom stereocenters. The summed E-state index contributed by atoms with van der Waals surface area (Å²) in [5, 5.41) is 0. The van der Waals surface area contributed by atoms with Gasteiger partial charge in [-0.15, -0.1) is 0 Å². The molecule has 0 aliphatic carbocycles. The Hall–Kier alpha value is -1.85. The van der Waals surface area contributed by atoms with Crippen LogP contribution in [0.4, 0.5) is 0 Å². The van der Waals surface area contributed by atoms with E-state index in [0.717, 1.165) is 77.0 Å². The summed E-state index contributed by atoms with van der Waals surface area (Å²) in [7, 11) is 0. The average molecular weight is 847 g/mol. The molecule has 0 saturated heterocycles. The molecule has 0 aliphatic heterocycles. The first kappa shape index (κ1) is 58.1. The summed E-state index contributed by atoms with van der Waals surface area (Å²) in [5.41, 5.74) is 0. The van der Waals surface area contributed by atoms with E-state index >= 15 is 0 Å². The highest BCUT2D eigenvalue weighted by Crippen LogP contribution is 2.17. The summed E-state index contributed by atoms with van der Waals surface area (Å²) >= 11 is 0. The normalized spacial score (nSPS) is 12.0. The Balaban J connectivity index is 3.95. The molecule has 6 heteroatoms. The molecule has 0 fully saturated rings. The first-order chi connectivity index (χ1) is 29.5. The quantitative estimate of drug-likeness (QED) is 0.0263. The summed E-state index contributed by atoms with van der Waals surface area (Å²) in [6, 6.07) is 0. The van der Waals surface area contributed by atoms with Crippen molar-refractivity contribution in [3.05, 3.63) is 12.2 Å². The summed E-state index contributed by atoms with van der Waals surface area (Å²) in [4.78, 5) is 37.6. The summed E-state index contributed by atoms with van der Waals surface area (Å²) in [6.45, 7) is 6.54. The maximum absolute atomic E-state index is 12.7. The Morgan fingerprint density at radius 2 is 0.583 bits per heavy atom. The number of hydrogen-bond donors (Lipinski definition) is 0. The van der Waals surface area contributed by atoms with Crippen LogP contribution in [0.25, 0.3) is 0 Å². The lowest BCUT2D eigenvalue weighted by molar-refractivity contribution is -0.167. The highest BCUT2D eigenvalue weighted by molar-refractivity contribution is 5.71. The van der Waals surface area contributed by atoms with Gasteiger partial charge in [0.05, 0.1) is 0 Å². The van der Waals surface area contributed by atoms with E-state index in [2.05, 4.69) is 32.9 Å². The van der Waals surface area contributed by atoms with Crippen LogP contribution in [0.1, 0.15) is 297 Å². The maximum atomic E-state index is 12.7. The fraction of sp³-hybridized carbons (Fsp3) is 0.907. The van der Waals surface area contributed by atoms with Gasteiger partial charge in [0.2, 0.25) is 0 Å². The monoisotopic (exact) mass is 847 g/mol. The molecule has 0 rings (SSSR count). The van der Waals surface area contributed by atoms with Gasteiger partial charge in [-0.25, -0.2) is 0 Å². The molecule has 0 aromatic rings. The van der Waals surface area contributed by atoms with Crippen molar-refractivity contribution >= 4 is 17.9 Å². The third kappa shape index (κ3) is 47.2. The molecular weight excluding hydrogens is 745 g/mol. The van der Waals surface area contributed by atoms with Gasteiger partial charge in [0.1, 0.15) is 13.2 Å². The topological polar surface area (TPSA) is 78.9 Å². The van der Waals surface area contributed by atoms with Crippen molar-refractivity contribution < 1.29 is 28.6 Å². The van der Waals surface area contributed by atoms with Crippen molar-refractivity contribution in [3.63, 3.8) is 0 Å². The number of rotatable bonds is 49. The van der Waals surface area contributed by atoms with Crippen LogP contribution in [-0.4, -0.2) is 37.2 Å². The largest absolute Gasteiger partial charge is 0.462 e. The molecule has 60 heavy (non-hydrogen) atoms. The van der Waals surface area contributed by atoms with Crippen molar-refractivity contribution in [2.24, 2.45) is 0 Å². The van der Waals surface area contributed by atoms with E-state index in [1.165, 1.54) is 180 Å². The van der Waals surface area contributed by atoms with Gasteiger partial charge in [0, 0.05) is 19.3 Å². The number of esters is 3. The lowest BCUT2D eigenvalue weighted by Gasteiger charge is -2.18. The van der Waals surface area contributed by atoms with E-state index in [1.54, 1.807) is 0 Å². The van der Waals surface area contributed by atoms with Gasteiger partial charge in [-0.1, -0.05) is 251 Å². The average Bonchev–Trinajstić information content (AvgIpc) is 3.24. The van der Waals surface area contributed by atoms with Crippen LogP contribution < -0.4 is 0 Å². The second-order valence-electron chi connectivity index (χ2n) is 18.2. The van der Waals surface area contributed by atoms with Gasteiger partial charge >= 0.3 is 17.9 Å². The molecule has 0 heterocycles. The predicted molar refractivity (Wildman–Crippen MR) is 256 cm³/mol. The first-order valence-electron chi connectivity index (χ1n) is 26.7. The van der Waals surface area contributed by atoms with Gasteiger partial charge in [-0.05, 0) is 38.5 Å². The van der Waals surface area contributed by atoms with Crippen molar-refractivity contribution in [1.29, 1.82) is 0 Å². The van der Waals surface area contributed by atoms with Crippen LogP contribution >= 0.6 is 0 Å². The van der Waals surface area contributed by atoms with Crippen molar-refractivity contribution in [2.75, 3.05) is 13.2 Å². The highest BCUT2D eigenvalue weighted by Gasteiger charge is 2.19. The van der Waals surface area contributed by atoms with E-state index in [-0.39, 0.29) is 31.1 Å². The van der Waals surface area contributed by atoms with Gasteiger partial charge in [0.25, 0.3) is 0 Å². The number of unbranched alkanes of at least 4 members (excludes halogenated alkanes) is 36. The van der Waals surface area contributed by atoms with Crippen molar-refractivity contribution in [1.82, 2.24) is 0 Å². The standard InChI is InChI=1S/C54H102O6/c1-4-7-10-13-16-18-20-21-22-23-24-25-26-27-28-29-30-31-32-33-34-35-37-38-41-44-47-53(56)59-50-51(49-58-52(55)46-43-40-15-12-9-6-3)60-54(57)48-45-42-39-36-19-17-14-11-8-5-2/h11,14,51H,4-10,12-13,15-50H2,1-3H3/b14-11-. The molecule has 0 bridgehead atoms. The molecule has 354 valence electrons. The van der Waals surface area contributed by atoms with E-state index in [4.69, 9.17) is 14.2 Å². The Morgan fingerprint density at radius 3 is 0.900 bits per heavy atom. The minimum atomic E-state index is -0.765. The molecule has 0 radical (unpaired) electrons. The van der Waals surface area contributed by atoms with Gasteiger partial charge in [0.15, 0.2) is 6.10 Å². The van der Waals surface area contributed by atoms with E-state index < -0.39 is 6.10 Å².